The van der Waals surface area contributed by atoms with Gasteiger partial charge >= 0.3 is 0 Å². The smallest absolute Gasteiger partial charge is 0.256 e. The van der Waals surface area contributed by atoms with Crippen molar-refractivity contribution in [3.8, 4) is 6.07 Å². The summed E-state index contributed by atoms with van der Waals surface area (Å²) in [5, 5.41) is 16.6. The minimum absolute atomic E-state index is 0.0499. The molecule has 3 rings (SSSR count). The molecule has 1 aliphatic rings. The summed E-state index contributed by atoms with van der Waals surface area (Å²) >= 11 is 0. The van der Waals surface area contributed by atoms with Crippen molar-refractivity contribution >= 4 is 11.8 Å². The fourth-order valence-electron chi connectivity index (χ4n) is 3.39. The second-order valence-electron chi connectivity index (χ2n) is 6.93. The van der Waals surface area contributed by atoms with Gasteiger partial charge in [-0.05, 0) is 26.8 Å². The molecule has 1 fully saturated rings. The Morgan fingerprint density at radius 3 is 2.52 bits per heavy atom. The molecule has 0 spiro atoms. The number of nitrogens with one attached hydrogen (secondary N) is 1. The first-order valence-corrected chi connectivity index (χ1v) is 8.79. The van der Waals surface area contributed by atoms with Crippen molar-refractivity contribution in [1.29, 1.82) is 5.26 Å². The number of hydrogen-bond acceptors (Lipinski definition) is 6. The molecule has 2 aromatic rings. The molecule has 0 radical (unpaired) electrons. The van der Waals surface area contributed by atoms with Crippen LogP contribution in [0.4, 0.5) is 0 Å². The first-order valence-electron chi connectivity index (χ1n) is 8.79. The van der Waals surface area contributed by atoms with Crippen molar-refractivity contribution in [3.63, 3.8) is 0 Å². The monoisotopic (exact) mass is 370 g/mol. The number of hydrogen-bond donors (Lipinski definition) is 1. The summed E-state index contributed by atoms with van der Waals surface area (Å²) < 4.78 is 5.29. The number of piperazine rings is 1. The second kappa shape index (κ2) is 7.23. The number of carbonyl (C=O) groups is 2. The summed E-state index contributed by atoms with van der Waals surface area (Å²) in [6.45, 7) is 8.11. The molecule has 2 amide bonds. The standard InChI is InChI=1S/C18H22N6O3/c1-10-9-24(18(26)15-5-14(7-19)20-12(15)3)11(2)8-23(10)17(25)6-16-22-21-13(4)27-16/h5,10-11,20H,6,8-9H2,1-4H3. The zero-order chi connectivity index (χ0) is 19.7. The Balaban J connectivity index is 1.70. The lowest BCUT2D eigenvalue weighted by molar-refractivity contribution is -0.136. The number of carbonyl (C=O) groups excluding carboxylic acids is 2. The van der Waals surface area contributed by atoms with Crippen molar-refractivity contribution in [2.45, 2.75) is 46.2 Å². The van der Waals surface area contributed by atoms with E-state index in [1.807, 2.05) is 19.9 Å². The second-order valence-corrected chi connectivity index (χ2v) is 6.93. The molecule has 2 atom stereocenters. The molecule has 2 aromatic heterocycles. The van der Waals surface area contributed by atoms with Gasteiger partial charge in [-0.3, -0.25) is 9.59 Å². The van der Waals surface area contributed by atoms with Gasteiger partial charge in [0, 0.05) is 37.8 Å². The summed E-state index contributed by atoms with van der Waals surface area (Å²) in [6, 6.07) is 3.29. The molecule has 9 heteroatoms. The minimum atomic E-state index is -0.151. The van der Waals surface area contributed by atoms with E-state index in [0.717, 1.165) is 0 Å². The summed E-state index contributed by atoms with van der Waals surface area (Å²) in [5.74, 6) is 0.481. The molecule has 2 unspecified atom stereocenters. The Labute approximate surface area is 157 Å². The number of nitrogens with zero attached hydrogens (tertiary/aromatic N) is 5. The third kappa shape index (κ3) is 3.69. The Morgan fingerprint density at radius 1 is 1.26 bits per heavy atom. The summed E-state index contributed by atoms with van der Waals surface area (Å²) in [4.78, 5) is 32.0. The van der Waals surface area contributed by atoms with Gasteiger partial charge in [0.05, 0.1) is 5.56 Å². The van der Waals surface area contributed by atoms with E-state index in [4.69, 9.17) is 9.68 Å². The Morgan fingerprint density at radius 2 is 1.93 bits per heavy atom. The third-order valence-electron chi connectivity index (χ3n) is 4.80. The van der Waals surface area contributed by atoms with Crippen LogP contribution in [0.1, 0.15) is 47.4 Å². The van der Waals surface area contributed by atoms with Crippen LogP contribution in [0.3, 0.4) is 0 Å². The number of H-pyrrole nitrogens is 1. The summed E-state index contributed by atoms with van der Waals surface area (Å²) in [7, 11) is 0. The Hall–Kier alpha value is -3.15. The van der Waals surface area contributed by atoms with Crippen LogP contribution in [0, 0.1) is 25.2 Å². The molecule has 142 valence electrons. The van der Waals surface area contributed by atoms with E-state index < -0.39 is 0 Å². The quantitative estimate of drug-likeness (QED) is 0.867. The van der Waals surface area contributed by atoms with Crippen LogP contribution in [0.5, 0.6) is 0 Å². The highest BCUT2D eigenvalue weighted by Gasteiger charge is 2.35. The lowest BCUT2D eigenvalue weighted by atomic mass is 10.1. The highest BCUT2D eigenvalue weighted by molar-refractivity contribution is 5.96. The molecular formula is C18H22N6O3. The van der Waals surface area contributed by atoms with E-state index in [1.165, 1.54) is 0 Å². The average molecular weight is 370 g/mol. The van der Waals surface area contributed by atoms with Crippen LogP contribution in [-0.2, 0) is 11.2 Å². The molecule has 1 aliphatic heterocycles. The Kier molecular flexibility index (Phi) is 4.99. The number of aryl methyl sites for hydroxylation is 2. The average Bonchev–Trinajstić information content (AvgIpc) is 3.21. The van der Waals surface area contributed by atoms with Crippen molar-refractivity contribution in [1.82, 2.24) is 25.0 Å². The molecular weight excluding hydrogens is 348 g/mol. The number of aromatic nitrogens is 3. The van der Waals surface area contributed by atoms with Crippen molar-refractivity contribution < 1.29 is 14.0 Å². The SMILES string of the molecule is Cc1nnc(CC(=O)N2CC(C)N(C(=O)c3cc(C#N)[nH]c3C)CC2C)o1. The van der Waals surface area contributed by atoms with Gasteiger partial charge in [-0.1, -0.05) is 0 Å². The van der Waals surface area contributed by atoms with Crippen LogP contribution in [0.25, 0.3) is 0 Å². The number of amides is 2. The number of nitriles is 1. The lowest BCUT2D eigenvalue weighted by Gasteiger charge is -2.44. The maximum absolute atomic E-state index is 12.9. The van der Waals surface area contributed by atoms with Crippen LogP contribution in [0.15, 0.2) is 10.5 Å². The van der Waals surface area contributed by atoms with Crippen molar-refractivity contribution in [2.24, 2.45) is 0 Å². The van der Waals surface area contributed by atoms with Gasteiger partial charge in [0.15, 0.2) is 0 Å². The van der Waals surface area contributed by atoms with Gasteiger partial charge in [0.25, 0.3) is 5.91 Å². The molecule has 0 aliphatic carbocycles. The van der Waals surface area contributed by atoms with Crippen LogP contribution in [-0.4, -0.2) is 62.0 Å². The van der Waals surface area contributed by atoms with Crippen LogP contribution < -0.4 is 0 Å². The molecule has 9 nitrogen and oxygen atoms in total. The first kappa shape index (κ1) is 18.6. The molecule has 0 aromatic carbocycles. The number of aromatic amines is 1. The highest BCUT2D eigenvalue weighted by Crippen LogP contribution is 2.21. The molecule has 0 saturated carbocycles. The van der Waals surface area contributed by atoms with E-state index >= 15 is 0 Å². The fraction of sp³-hybridized carbons (Fsp3) is 0.500. The van der Waals surface area contributed by atoms with Gasteiger partial charge < -0.3 is 19.2 Å². The minimum Gasteiger partial charge on any atom is -0.425 e. The van der Waals surface area contributed by atoms with Gasteiger partial charge in [-0.25, -0.2) is 0 Å². The topological polar surface area (TPSA) is 119 Å². The summed E-state index contributed by atoms with van der Waals surface area (Å²) in [5.41, 5.74) is 1.52. The largest absolute Gasteiger partial charge is 0.425 e. The summed E-state index contributed by atoms with van der Waals surface area (Å²) in [6.07, 6.45) is 0.0499. The number of rotatable bonds is 3. The van der Waals surface area contributed by atoms with Crippen molar-refractivity contribution in [3.05, 3.63) is 34.8 Å². The van der Waals surface area contributed by atoms with E-state index in [1.54, 1.807) is 29.7 Å². The zero-order valence-corrected chi connectivity index (χ0v) is 15.8. The molecule has 27 heavy (non-hydrogen) atoms. The first-order chi connectivity index (χ1) is 12.8. The fourth-order valence-corrected chi connectivity index (χ4v) is 3.39. The van der Waals surface area contributed by atoms with Crippen LogP contribution in [0.2, 0.25) is 0 Å². The third-order valence-corrected chi connectivity index (χ3v) is 4.80. The van der Waals surface area contributed by atoms with Crippen LogP contribution >= 0.6 is 0 Å². The Bertz CT molecular complexity index is 909. The molecule has 1 N–H and O–H groups in total. The van der Waals surface area contributed by atoms with E-state index in [0.29, 0.717) is 41.8 Å². The highest BCUT2D eigenvalue weighted by atomic mass is 16.4. The maximum atomic E-state index is 12.9. The lowest BCUT2D eigenvalue weighted by Crippen LogP contribution is -2.59. The van der Waals surface area contributed by atoms with Gasteiger partial charge in [-0.15, -0.1) is 10.2 Å². The molecule has 1 saturated heterocycles. The van der Waals surface area contributed by atoms with E-state index in [9.17, 15) is 9.59 Å². The van der Waals surface area contributed by atoms with E-state index in [2.05, 4.69) is 15.2 Å². The van der Waals surface area contributed by atoms with Gasteiger partial charge in [0.1, 0.15) is 18.2 Å². The van der Waals surface area contributed by atoms with Gasteiger partial charge in [0.2, 0.25) is 17.7 Å². The molecule has 3 heterocycles. The normalized spacial score (nSPS) is 19.8. The predicted octanol–water partition coefficient (Wildman–Crippen LogP) is 1.19. The zero-order valence-electron chi connectivity index (χ0n) is 15.8. The molecule has 0 bridgehead atoms. The van der Waals surface area contributed by atoms with E-state index in [-0.39, 0.29) is 30.3 Å². The van der Waals surface area contributed by atoms with Crippen molar-refractivity contribution in [2.75, 3.05) is 13.1 Å². The van der Waals surface area contributed by atoms with Gasteiger partial charge in [-0.2, -0.15) is 5.26 Å². The maximum Gasteiger partial charge on any atom is 0.256 e. The predicted molar refractivity (Wildman–Crippen MR) is 94.7 cm³/mol.